The fourth-order valence-electron chi connectivity index (χ4n) is 3.59. The number of hydrogen-bond donors (Lipinski definition) is 3. The number of fused-ring (bicyclic) bond motifs is 1. The van der Waals surface area contributed by atoms with Crippen LogP contribution in [0.2, 0.25) is 0 Å². The molecule has 0 radical (unpaired) electrons. The Morgan fingerprint density at radius 1 is 1.10 bits per heavy atom. The minimum Gasteiger partial charge on any atom is -0.388 e. The van der Waals surface area contributed by atoms with Crippen LogP contribution in [0.5, 0.6) is 0 Å². The Bertz CT molecular complexity index is 979. The first-order chi connectivity index (χ1) is 14.1. The number of aromatic nitrogens is 2. The van der Waals surface area contributed by atoms with Gasteiger partial charge in [-0.05, 0) is 23.3 Å². The number of ether oxygens (including phenoxy) is 1. The number of carbonyl (C=O) groups is 1. The van der Waals surface area contributed by atoms with Crippen molar-refractivity contribution in [1.82, 2.24) is 20.2 Å². The minimum atomic E-state index is -0.872. The molecule has 2 heterocycles. The Morgan fingerprint density at radius 3 is 2.76 bits per heavy atom. The lowest BCUT2D eigenvalue weighted by atomic mass is 9.94. The lowest BCUT2D eigenvalue weighted by molar-refractivity contribution is -0.0600. The van der Waals surface area contributed by atoms with E-state index in [0.717, 1.165) is 28.7 Å². The van der Waals surface area contributed by atoms with Crippen LogP contribution in [-0.4, -0.2) is 46.0 Å². The van der Waals surface area contributed by atoms with E-state index in [9.17, 15) is 9.90 Å². The summed E-state index contributed by atoms with van der Waals surface area (Å²) in [6.45, 7) is 2.43. The standard InChI is InChI=1S/C22H26N4O3/c27-21(24-15-22(28)8-10-29-11-9-22)23-13-17-4-3-5-18(12-17)14-26-16-25-19-6-1-2-7-20(19)26/h1-7,12,16,28H,8-11,13-15H2,(H2,23,24,27). The summed E-state index contributed by atoms with van der Waals surface area (Å²) in [6.07, 6.45) is 2.93. The van der Waals surface area contributed by atoms with Gasteiger partial charge in [-0.25, -0.2) is 9.78 Å². The van der Waals surface area contributed by atoms with E-state index in [4.69, 9.17) is 4.74 Å². The molecule has 3 aromatic rings. The summed E-state index contributed by atoms with van der Waals surface area (Å²) in [4.78, 5) is 16.5. The van der Waals surface area contributed by atoms with Crippen molar-refractivity contribution in [1.29, 1.82) is 0 Å². The number of para-hydroxylation sites is 2. The molecule has 0 bridgehead atoms. The van der Waals surface area contributed by atoms with E-state index in [1.165, 1.54) is 0 Å². The van der Waals surface area contributed by atoms with Crippen molar-refractivity contribution in [2.24, 2.45) is 0 Å². The number of carbonyl (C=O) groups excluding carboxylic acids is 1. The van der Waals surface area contributed by atoms with Gasteiger partial charge in [0.05, 0.1) is 23.0 Å². The van der Waals surface area contributed by atoms with Gasteiger partial charge in [-0.2, -0.15) is 0 Å². The van der Waals surface area contributed by atoms with Crippen molar-refractivity contribution in [3.05, 3.63) is 66.0 Å². The monoisotopic (exact) mass is 394 g/mol. The highest BCUT2D eigenvalue weighted by Gasteiger charge is 2.30. The Labute approximate surface area is 169 Å². The number of nitrogens with one attached hydrogen (secondary N) is 2. The summed E-state index contributed by atoms with van der Waals surface area (Å²) in [6, 6.07) is 15.9. The largest absolute Gasteiger partial charge is 0.388 e. The molecule has 0 aliphatic carbocycles. The first-order valence-electron chi connectivity index (χ1n) is 9.91. The zero-order valence-corrected chi connectivity index (χ0v) is 16.3. The number of rotatable bonds is 6. The number of aliphatic hydroxyl groups is 1. The maximum Gasteiger partial charge on any atom is 0.315 e. The second kappa shape index (κ2) is 8.63. The quantitative estimate of drug-likeness (QED) is 0.599. The van der Waals surface area contributed by atoms with Gasteiger partial charge in [-0.3, -0.25) is 0 Å². The van der Waals surface area contributed by atoms with E-state index < -0.39 is 5.60 Å². The van der Waals surface area contributed by atoms with Crippen LogP contribution in [0.25, 0.3) is 11.0 Å². The molecule has 0 unspecified atom stereocenters. The summed E-state index contributed by atoms with van der Waals surface area (Å²) >= 11 is 0. The molecule has 2 aromatic carbocycles. The molecule has 1 saturated heterocycles. The Balaban J connectivity index is 1.31. The molecule has 29 heavy (non-hydrogen) atoms. The summed E-state index contributed by atoms with van der Waals surface area (Å²) in [5.41, 5.74) is 3.37. The average molecular weight is 394 g/mol. The van der Waals surface area contributed by atoms with Crippen molar-refractivity contribution in [3.63, 3.8) is 0 Å². The average Bonchev–Trinajstić information content (AvgIpc) is 3.15. The Kier molecular flexibility index (Phi) is 5.78. The zero-order chi connectivity index (χ0) is 20.1. The van der Waals surface area contributed by atoms with Crippen molar-refractivity contribution in [2.45, 2.75) is 31.5 Å². The highest BCUT2D eigenvalue weighted by molar-refractivity contribution is 5.75. The SMILES string of the molecule is O=C(NCc1cccc(Cn2cnc3ccccc32)c1)NCC1(O)CCOCC1. The molecule has 0 atom stereocenters. The second-order valence-corrected chi connectivity index (χ2v) is 7.55. The number of imidazole rings is 1. The third-order valence-corrected chi connectivity index (χ3v) is 5.33. The number of nitrogens with zero attached hydrogens (tertiary/aromatic N) is 2. The molecule has 152 valence electrons. The Morgan fingerprint density at radius 2 is 1.90 bits per heavy atom. The minimum absolute atomic E-state index is 0.232. The van der Waals surface area contributed by atoms with E-state index >= 15 is 0 Å². The molecule has 0 spiro atoms. The number of urea groups is 1. The third-order valence-electron chi connectivity index (χ3n) is 5.33. The van der Waals surface area contributed by atoms with Gasteiger partial charge in [0.1, 0.15) is 0 Å². The van der Waals surface area contributed by atoms with Crippen molar-refractivity contribution in [3.8, 4) is 0 Å². The van der Waals surface area contributed by atoms with Gasteiger partial charge in [-0.15, -0.1) is 0 Å². The highest BCUT2D eigenvalue weighted by Crippen LogP contribution is 2.19. The second-order valence-electron chi connectivity index (χ2n) is 7.55. The number of benzene rings is 2. The zero-order valence-electron chi connectivity index (χ0n) is 16.3. The first-order valence-corrected chi connectivity index (χ1v) is 9.91. The number of amides is 2. The van der Waals surface area contributed by atoms with Crippen LogP contribution < -0.4 is 10.6 Å². The molecule has 1 aromatic heterocycles. The number of hydrogen-bond acceptors (Lipinski definition) is 4. The van der Waals surface area contributed by atoms with E-state index in [2.05, 4.69) is 38.4 Å². The van der Waals surface area contributed by atoms with Crippen LogP contribution in [0.1, 0.15) is 24.0 Å². The maximum atomic E-state index is 12.1. The molecule has 0 saturated carbocycles. The van der Waals surface area contributed by atoms with E-state index in [-0.39, 0.29) is 12.6 Å². The smallest absolute Gasteiger partial charge is 0.315 e. The molecule has 1 aliphatic rings. The van der Waals surface area contributed by atoms with Gasteiger partial charge in [0, 0.05) is 45.7 Å². The summed E-state index contributed by atoms with van der Waals surface area (Å²) < 4.78 is 7.37. The summed E-state index contributed by atoms with van der Waals surface area (Å²) in [7, 11) is 0. The highest BCUT2D eigenvalue weighted by atomic mass is 16.5. The van der Waals surface area contributed by atoms with Crippen LogP contribution in [-0.2, 0) is 17.8 Å². The van der Waals surface area contributed by atoms with Crippen LogP contribution in [0.15, 0.2) is 54.9 Å². The molecular formula is C22H26N4O3. The van der Waals surface area contributed by atoms with E-state index in [0.29, 0.717) is 32.6 Å². The molecular weight excluding hydrogens is 368 g/mol. The molecule has 4 rings (SSSR count). The van der Waals surface area contributed by atoms with Crippen LogP contribution >= 0.6 is 0 Å². The first kappa shape index (κ1) is 19.4. The van der Waals surface area contributed by atoms with Crippen LogP contribution in [0, 0.1) is 0 Å². The predicted octanol–water partition coefficient (Wildman–Crippen LogP) is 2.43. The molecule has 1 fully saturated rings. The van der Waals surface area contributed by atoms with Gasteiger partial charge in [0.25, 0.3) is 0 Å². The Hall–Kier alpha value is -2.90. The van der Waals surface area contributed by atoms with Crippen LogP contribution in [0.3, 0.4) is 0 Å². The van der Waals surface area contributed by atoms with Crippen LogP contribution in [0.4, 0.5) is 4.79 Å². The van der Waals surface area contributed by atoms with Gasteiger partial charge in [0.2, 0.25) is 0 Å². The van der Waals surface area contributed by atoms with Gasteiger partial charge in [0.15, 0.2) is 0 Å². The lowest BCUT2D eigenvalue weighted by Crippen LogP contribution is -2.48. The van der Waals surface area contributed by atoms with Gasteiger partial charge >= 0.3 is 6.03 Å². The lowest BCUT2D eigenvalue weighted by Gasteiger charge is -2.32. The van der Waals surface area contributed by atoms with Gasteiger partial charge < -0.3 is 25.0 Å². The topological polar surface area (TPSA) is 88.4 Å². The third kappa shape index (κ3) is 4.93. The molecule has 1 aliphatic heterocycles. The normalized spacial score (nSPS) is 15.9. The van der Waals surface area contributed by atoms with Gasteiger partial charge in [-0.1, -0.05) is 36.4 Å². The van der Waals surface area contributed by atoms with E-state index in [1.807, 2.05) is 36.7 Å². The van der Waals surface area contributed by atoms with E-state index in [1.54, 1.807) is 0 Å². The molecule has 7 nitrogen and oxygen atoms in total. The molecule has 7 heteroatoms. The van der Waals surface area contributed by atoms with Crippen molar-refractivity contribution >= 4 is 17.1 Å². The van der Waals surface area contributed by atoms with Crippen molar-refractivity contribution < 1.29 is 14.6 Å². The summed E-state index contributed by atoms with van der Waals surface area (Å²) in [5.74, 6) is 0. The molecule has 3 N–H and O–H groups in total. The fourth-order valence-corrected chi connectivity index (χ4v) is 3.59. The fraction of sp³-hybridized carbons (Fsp3) is 0.364. The molecule has 2 amide bonds. The predicted molar refractivity (Wildman–Crippen MR) is 111 cm³/mol. The summed E-state index contributed by atoms with van der Waals surface area (Å²) in [5, 5.41) is 16.0. The van der Waals surface area contributed by atoms with Crippen molar-refractivity contribution in [2.75, 3.05) is 19.8 Å². The maximum absolute atomic E-state index is 12.1.